The van der Waals surface area contributed by atoms with Crippen LogP contribution in [0.4, 0.5) is 0 Å². The van der Waals surface area contributed by atoms with Crippen molar-refractivity contribution in [2.45, 2.75) is 19.4 Å². The third-order valence-corrected chi connectivity index (χ3v) is 3.16. The molecule has 2 N–H and O–H groups in total. The second kappa shape index (κ2) is 6.96. The monoisotopic (exact) mass is 293 g/mol. The number of imidazole rings is 1. The summed E-state index contributed by atoms with van der Waals surface area (Å²) in [6.45, 7) is 0.412. The van der Waals surface area contributed by atoms with E-state index in [1.54, 1.807) is 25.6 Å². The summed E-state index contributed by atoms with van der Waals surface area (Å²) in [5.74, 6) is 1.36. The summed E-state index contributed by atoms with van der Waals surface area (Å²) in [6.07, 6.45) is 4.42. The van der Waals surface area contributed by atoms with Crippen LogP contribution in [0.15, 0.2) is 30.6 Å². The van der Waals surface area contributed by atoms with Gasteiger partial charge in [-0.1, -0.05) is 17.7 Å². The van der Waals surface area contributed by atoms with E-state index in [1.165, 1.54) is 0 Å². The number of aromatic nitrogens is 2. The van der Waals surface area contributed by atoms with Gasteiger partial charge < -0.3 is 15.0 Å². The normalized spacial score (nSPS) is 10.3. The number of aryl methyl sites for hydroxylation is 1. The topological polar surface area (TPSA) is 67.0 Å². The summed E-state index contributed by atoms with van der Waals surface area (Å²) in [4.78, 5) is 18.7. The van der Waals surface area contributed by atoms with E-state index in [9.17, 15) is 4.79 Å². The molecule has 106 valence electrons. The number of halogens is 1. The zero-order valence-corrected chi connectivity index (χ0v) is 11.9. The number of rotatable bonds is 6. The number of benzene rings is 1. The molecule has 2 aromatic rings. The van der Waals surface area contributed by atoms with Crippen LogP contribution < -0.4 is 10.1 Å². The molecule has 0 aliphatic rings. The van der Waals surface area contributed by atoms with Crippen LogP contribution in [0.5, 0.6) is 5.75 Å². The Balaban J connectivity index is 1.79. The number of amides is 1. The van der Waals surface area contributed by atoms with Crippen molar-refractivity contribution in [3.05, 3.63) is 47.0 Å². The molecule has 0 fully saturated rings. The number of ether oxygens (including phenoxy) is 1. The van der Waals surface area contributed by atoms with Gasteiger partial charge in [-0.3, -0.25) is 4.79 Å². The van der Waals surface area contributed by atoms with Crippen LogP contribution in [0.2, 0.25) is 5.02 Å². The highest BCUT2D eigenvalue weighted by Crippen LogP contribution is 2.25. The van der Waals surface area contributed by atoms with Gasteiger partial charge in [0.25, 0.3) is 0 Å². The maximum Gasteiger partial charge on any atom is 0.220 e. The fraction of sp³-hybridized carbons (Fsp3) is 0.286. The van der Waals surface area contributed by atoms with Gasteiger partial charge in [0, 0.05) is 18.8 Å². The first-order chi connectivity index (χ1) is 9.69. The largest absolute Gasteiger partial charge is 0.495 e. The van der Waals surface area contributed by atoms with Gasteiger partial charge in [0.05, 0.1) is 18.7 Å². The molecule has 0 aliphatic carbocycles. The van der Waals surface area contributed by atoms with E-state index in [-0.39, 0.29) is 5.91 Å². The molecule has 1 aromatic carbocycles. The number of hydrogen-bond acceptors (Lipinski definition) is 3. The summed E-state index contributed by atoms with van der Waals surface area (Å²) in [6, 6.07) is 5.53. The molecule has 1 aromatic heterocycles. The quantitative estimate of drug-likeness (QED) is 0.859. The van der Waals surface area contributed by atoms with Crippen molar-refractivity contribution in [1.82, 2.24) is 15.3 Å². The molecule has 1 heterocycles. The molecule has 0 saturated carbocycles. The lowest BCUT2D eigenvalue weighted by atomic mass is 10.1. The lowest BCUT2D eigenvalue weighted by Gasteiger charge is -2.06. The van der Waals surface area contributed by atoms with E-state index in [4.69, 9.17) is 16.3 Å². The molecule has 0 atom stereocenters. The van der Waals surface area contributed by atoms with Crippen molar-refractivity contribution in [2.24, 2.45) is 0 Å². The number of carbonyl (C=O) groups excluding carboxylic acids is 1. The van der Waals surface area contributed by atoms with Crippen LogP contribution in [-0.2, 0) is 17.8 Å². The molecule has 0 unspecified atom stereocenters. The maximum atomic E-state index is 11.7. The summed E-state index contributed by atoms with van der Waals surface area (Å²) in [5.41, 5.74) is 1.00. The summed E-state index contributed by atoms with van der Waals surface area (Å²) in [7, 11) is 1.57. The van der Waals surface area contributed by atoms with Gasteiger partial charge >= 0.3 is 0 Å². The third kappa shape index (κ3) is 3.99. The van der Waals surface area contributed by atoms with Crippen LogP contribution in [0.3, 0.4) is 0 Å². The Morgan fingerprint density at radius 1 is 1.50 bits per heavy atom. The lowest BCUT2D eigenvalue weighted by molar-refractivity contribution is -0.121. The van der Waals surface area contributed by atoms with E-state index >= 15 is 0 Å². The van der Waals surface area contributed by atoms with Gasteiger partial charge in [-0.2, -0.15) is 0 Å². The maximum absolute atomic E-state index is 11.7. The first-order valence-electron chi connectivity index (χ1n) is 6.26. The Labute approximate surface area is 122 Å². The van der Waals surface area contributed by atoms with Gasteiger partial charge in [0.1, 0.15) is 11.6 Å². The molecular formula is C14H16ClN3O2. The summed E-state index contributed by atoms with van der Waals surface area (Å²) in [5, 5.41) is 3.36. The molecule has 5 nitrogen and oxygen atoms in total. The van der Waals surface area contributed by atoms with Gasteiger partial charge in [0.2, 0.25) is 5.91 Å². The molecule has 6 heteroatoms. The van der Waals surface area contributed by atoms with Gasteiger partial charge in [-0.15, -0.1) is 0 Å². The molecule has 0 radical (unpaired) electrons. The van der Waals surface area contributed by atoms with E-state index in [0.717, 1.165) is 11.4 Å². The first kappa shape index (κ1) is 14.4. The zero-order chi connectivity index (χ0) is 14.4. The molecule has 20 heavy (non-hydrogen) atoms. The van der Waals surface area contributed by atoms with E-state index < -0.39 is 0 Å². The molecule has 0 spiro atoms. The smallest absolute Gasteiger partial charge is 0.220 e. The van der Waals surface area contributed by atoms with Gasteiger partial charge in [0.15, 0.2) is 0 Å². The number of H-pyrrole nitrogens is 1. The number of carbonyl (C=O) groups is 1. The Kier molecular flexibility index (Phi) is 5.01. The second-order valence-electron chi connectivity index (χ2n) is 4.28. The highest BCUT2D eigenvalue weighted by molar-refractivity contribution is 6.32. The summed E-state index contributed by atoms with van der Waals surface area (Å²) < 4.78 is 5.08. The van der Waals surface area contributed by atoms with Crippen LogP contribution in [-0.4, -0.2) is 23.0 Å². The first-order valence-corrected chi connectivity index (χ1v) is 6.64. The van der Waals surface area contributed by atoms with Crippen LogP contribution >= 0.6 is 11.6 Å². The van der Waals surface area contributed by atoms with Crippen LogP contribution in [0, 0.1) is 0 Å². The highest BCUT2D eigenvalue weighted by atomic mass is 35.5. The second-order valence-corrected chi connectivity index (χ2v) is 4.69. The van der Waals surface area contributed by atoms with Crippen molar-refractivity contribution < 1.29 is 9.53 Å². The third-order valence-electron chi connectivity index (χ3n) is 2.86. The Morgan fingerprint density at radius 3 is 3.00 bits per heavy atom. The van der Waals surface area contributed by atoms with E-state index in [2.05, 4.69) is 15.3 Å². The lowest BCUT2D eigenvalue weighted by Crippen LogP contribution is -2.23. The van der Waals surface area contributed by atoms with Gasteiger partial charge in [-0.05, 0) is 24.1 Å². The molecule has 0 aliphatic heterocycles. The molecule has 2 rings (SSSR count). The number of nitrogens with zero attached hydrogens (tertiary/aromatic N) is 1. The molecule has 1 amide bonds. The Morgan fingerprint density at radius 2 is 2.35 bits per heavy atom. The van der Waals surface area contributed by atoms with Crippen molar-refractivity contribution in [1.29, 1.82) is 0 Å². The average Bonchev–Trinajstić information content (AvgIpc) is 2.96. The zero-order valence-electron chi connectivity index (χ0n) is 11.1. The van der Waals surface area contributed by atoms with Crippen molar-refractivity contribution in [3.63, 3.8) is 0 Å². The standard InChI is InChI=1S/C14H16ClN3O2/c1-20-12-4-2-10(8-11(12)15)3-5-14(19)18-9-13-16-6-7-17-13/h2,4,6-8H,3,5,9H2,1H3,(H,16,17)(H,18,19). The van der Waals surface area contributed by atoms with E-state index in [0.29, 0.717) is 30.2 Å². The number of methoxy groups -OCH3 is 1. The average molecular weight is 294 g/mol. The van der Waals surface area contributed by atoms with Crippen molar-refractivity contribution in [3.8, 4) is 5.75 Å². The minimum Gasteiger partial charge on any atom is -0.495 e. The number of aromatic amines is 1. The molecular weight excluding hydrogens is 278 g/mol. The predicted molar refractivity (Wildman–Crippen MR) is 76.8 cm³/mol. The summed E-state index contributed by atoms with van der Waals surface area (Å²) >= 11 is 6.04. The Bertz CT molecular complexity index is 570. The van der Waals surface area contributed by atoms with E-state index in [1.807, 2.05) is 12.1 Å². The molecule has 0 bridgehead atoms. The number of hydrogen-bond donors (Lipinski definition) is 2. The van der Waals surface area contributed by atoms with Crippen LogP contribution in [0.25, 0.3) is 0 Å². The molecule has 0 saturated heterocycles. The highest BCUT2D eigenvalue weighted by Gasteiger charge is 2.06. The van der Waals surface area contributed by atoms with Crippen LogP contribution in [0.1, 0.15) is 17.8 Å². The van der Waals surface area contributed by atoms with Gasteiger partial charge in [-0.25, -0.2) is 4.98 Å². The Hall–Kier alpha value is -2.01. The minimum atomic E-state index is -0.0201. The fourth-order valence-corrected chi connectivity index (χ4v) is 2.07. The SMILES string of the molecule is COc1ccc(CCC(=O)NCc2ncc[nH]2)cc1Cl. The predicted octanol–water partition coefficient (Wildman–Crippen LogP) is 2.32. The van der Waals surface area contributed by atoms with Crippen molar-refractivity contribution in [2.75, 3.05) is 7.11 Å². The van der Waals surface area contributed by atoms with Crippen molar-refractivity contribution >= 4 is 17.5 Å². The minimum absolute atomic E-state index is 0.0201. The fourth-order valence-electron chi connectivity index (χ4n) is 1.79. The number of nitrogens with one attached hydrogen (secondary N) is 2.